The molecule has 0 fully saturated rings. The normalized spacial score (nSPS) is 10.2. The highest BCUT2D eigenvalue weighted by molar-refractivity contribution is 5.73. The number of rotatable bonds is 3. The minimum Gasteiger partial charge on any atom is -0.305 e. The highest BCUT2D eigenvalue weighted by atomic mass is 16.1. The van der Waals surface area contributed by atoms with Gasteiger partial charge in [-0.15, -0.1) is 0 Å². The summed E-state index contributed by atoms with van der Waals surface area (Å²) in [6.07, 6.45) is 2.42. The molecule has 0 unspecified atom stereocenters. The number of hydrogen-bond donors (Lipinski definition) is 0. The maximum Gasteiger partial charge on any atom is 0.168 e. The van der Waals surface area contributed by atoms with Crippen LogP contribution in [-0.4, -0.2) is 30.3 Å². The van der Waals surface area contributed by atoms with Gasteiger partial charge < -0.3 is 4.90 Å². The second kappa shape index (κ2) is 3.97. The molecule has 1 aromatic heterocycles. The third-order valence-electron chi connectivity index (χ3n) is 1.52. The molecule has 0 amide bonds. The Morgan fingerprint density at radius 3 is 2.92 bits per heavy atom. The highest BCUT2D eigenvalue weighted by Crippen LogP contribution is 2.04. The average molecular weight is 164 g/mol. The third kappa shape index (κ3) is 2.13. The molecule has 0 N–H and O–H groups in total. The maximum absolute atomic E-state index is 10.5. The fourth-order valence-corrected chi connectivity index (χ4v) is 1.03. The lowest BCUT2D eigenvalue weighted by atomic mass is 10.2. The zero-order valence-corrected chi connectivity index (χ0v) is 7.32. The van der Waals surface area contributed by atoms with Gasteiger partial charge in [0.25, 0.3) is 0 Å². The lowest BCUT2D eigenvalue weighted by Gasteiger charge is -2.09. The van der Waals surface area contributed by atoms with Gasteiger partial charge in [0, 0.05) is 12.7 Å². The Labute approximate surface area is 72.0 Å². The van der Waals surface area contributed by atoms with Crippen molar-refractivity contribution in [3.05, 3.63) is 29.6 Å². The van der Waals surface area contributed by atoms with Gasteiger partial charge in [0.05, 0.1) is 0 Å². The monoisotopic (exact) mass is 164 g/mol. The molecule has 0 saturated carbocycles. The number of carbonyl (C=O) groups excluding carboxylic acids is 1. The fraction of sp³-hybridized carbons (Fsp3) is 0.333. The van der Waals surface area contributed by atoms with E-state index in [4.69, 9.17) is 0 Å². The minimum absolute atomic E-state index is 0.534. The van der Waals surface area contributed by atoms with E-state index in [1.807, 2.05) is 31.1 Å². The molecule has 0 radical (unpaired) electrons. The van der Waals surface area contributed by atoms with Gasteiger partial charge in [0.15, 0.2) is 6.29 Å². The molecular formula is C9H12N2O. The summed E-state index contributed by atoms with van der Waals surface area (Å²) in [6, 6.07) is 3.75. The average Bonchev–Trinajstić information content (AvgIpc) is 2.04. The van der Waals surface area contributed by atoms with Gasteiger partial charge in [-0.25, -0.2) is 0 Å². The molecular weight excluding hydrogens is 152 g/mol. The molecule has 1 aromatic rings. The zero-order chi connectivity index (χ0) is 8.97. The van der Waals surface area contributed by atoms with Gasteiger partial charge in [-0.2, -0.15) is 0 Å². The maximum atomic E-state index is 10.5. The Kier molecular flexibility index (Phi) is 2.94. The second-order valence-corrected chi connectivity index (χ2v) is 2.90. The molecule has 0 aliphatic heterocycles. The minimum atomic E-state index is 0.534. The van der Waals surface area contributed by atoms with Crippen molar-refractivity contribution in [2.24, 2.45) is 0 Å². The molecule has 64 valence electrons. The van der Waals surface area contributed by atoms with E-state index in [0.29, 0.717) is 5.69 Å². The van der Waals surface area contributed by atoms with Gasteiger partial charge in [-0.1, -0.05) is 6.07 Å². The summed E-state index contributed by atoms with van der Waals surface area (Å²) in [6.45, 7) is 0.752. The predicted molar refractivity (Wildman–Crippen MR) is 47.0 cm³/mol. The molecule has 1 rings (SSSR count). The summed E-state index contributed by atoms with van der Waals surface area (Å²) in [5.41, 5.74) is 1.50. The lowest BCUT2D eigenvalue weighted by molar-refractivity contribution is 0.111. The van der Waals surface area contributed by atoms with Crippen molar-refractivity contribution in [2.75, 3.05) is 14.1 Å². The molecule has 0 aliphatic rings. The third-order valence-corrected chi connectivity index (χ3v) is 1.52. The SMILES string of the molecule is CN(C)Cc1cccnc1C=O. The van der Waals surface area contributed by atoms with E-state index < -0.39 is 0 Å². The fourth-order valence-electron chi connectivity index (χ4n) is 1.03. The van der Waals surface area contributed by atoms with Crippen LogP contribution in [0.1, 0.15) is 16.1 Å². The molecule has 0 atom stereocenters. The first-order valence-electron chi connectivity index (χ1n) is 3.78. The van der Waals surface area contributed by atoms with Gasteiger partial charge in [0.1, 0.15) is 5.69 Å². The first kappa shape index (κ1) is 8.87. The Bertz CT molecular complexity index is 271. The van der Waals surface area contributed by atoms with E-state index in [0.717, 1.165) is 18.4 Å². The quantitative estimate of drug-likeness (QED) is 0.624. The summed E-state index contributed by atoms with van der Waals surface area (Å²) in [7, 11) is 3.92. The molecule has 12 heavy (non-hydrogen) atoms. The lowest BCUT2D eigenvalue weighted by Crippen LogP contribution is -2.12. The number of hydrogen-bond acceptors (Lipinski definition) is 3. The highest BCUT2D eigenvalue weighted by Gasteiger charge is 2.01. The van der Waals surface area contributed by atoms with Crippen LogP contribution < -0.4 is 0 Å². The standard InChI is InChI=1S/C9H12N2O/c1-11(2)6-8-4-3-5-10-9(8)7-12/h3-5,7H,6H2,1-2H3. The summed E-state index contributed by atoms with van der Waals surface area (Å²) < 4.78 is 0. The molecule has 3 heteroatoms. The van der Waals surface area contributed by atoms with Crippen molar-refractivity contribution in [3.63, 3.8) is 0 Å². The Hall–Kier alpha value is -1.22. The van der Waals surface area contributed by atoms with Crippen LogP contribution in [0.3, 0.4) is 0 Å². The van der Waals surface area contributed by atoms with Crippen molar-refractivity contribution in [1.29, 1.82) is 0 Å². The second-order valence-electron chi connectivity index (χ2n) is 2.90. The molecule has 0 bridgehead atoms. The molecule has 0 aromatic carbocycles. The zero-order valence-electron chi connectivity index (χ0n) is 7.32. The van der Waals surface area contributed by atoms with E-state index >= 15 is 0 Å². The van der Waals surface area contributed by atoms with E-state index in [-0.39, 0.29) is 0 Å². The number of aromatic nitrogens is 1. The van der Waals surface area contributed by atoms with Crippen molar-refractivity contribution < 1.29 is 4.79 Å². The molecule has 1 heterocycles. The predicted octanol–water partition coefficient (Wildman–Crippen LogP) is 0.956. The van der Waals surface area contributed by atoms with Gasteiger partial charge in [-0.3, -0.25) is 9.78 Å². The van der Waals surface area contributed by atoms with Crippen molar-refractivity contribution in [1.82, 2.24) is 9.88 Å². The number of carbonyl (C=O) groups is 1. The smallest absolute Gasteiger partial charge is 0.168 e. The van der Waals surface area contributed by atoms with Crippen LogP contribution in [0.5, 0.6) is 0 Å². The van der Waals surface area contributed by atoms with E-state index in [9.17, 15) is 4.79 Å². The van der Waals surface area contributed by atoms with E-state index in [2.05, 4.69) is 4.98 Å². The van der Waals surface area contributed by atoms with Crippen LogP contribution in [0.15, 0.2) is 18.3 Å². The molecule has 0 saturated heterocycles. The van der Waals surface area contributed by atoms with Crippen LogP contribution in [0.25, 0.3) is 0 Å². The Balaban J connectivity index is 2.89. The number of pyridine rings is 1. The van der Waals surface area contributed by atoms with Crippen LogP contribution in [0.2, 0.25) is 0 Å². The van der Waals surface area contributed by atoms with Crippen LogP contribution in [-0.2, 0) is 6.54 Å². The van der Waals surface area contributed by atoms with Crippen LogP contribution >= 0.6 is 0 Å². The summed E-state index contributed by atoms with van der Waals surface area (Å²) in [4.78, 5) is 16.5. The van der Waals surface area contributed by atoms with Crippen LogP contribution in [0.4, 0.5) is 0 Å². The first-order valence-corrected chi connectivity index (χ1v) is 3.78. The topological polar surface area (TPSA) is 33.2 Å². The first-order chi connectivity index (χ1) is 5.74. The largest absolute Gasteiger partial charge is 0.305 e. The molecule has 3 nitrogen and oxygen atoms in total. The van der Waals surface area contributed by atoms with Gasteiger partial charge >= 0.3 is 0 Å². The Morgan fingerprint density at radius 1 is 1.58 bits per heavy atom. The van der Waals surface area contributed by atoms with Crippen LogP contribution in [0, 0.1) is 0 Å². The van der Waals surface area contributed by atoms with Gasteiger partial charge in [0.2, 0.25) is 0 Å². The molecule has 0 aliphatic carbocycles. The van der Waals surface area contributed by atoms with E-state index in [1.165, 1.54) is 0 Å². The van der Waals surface area contributed by atoms with E-state index in [1.54, 1.807) is 6.20 Å². The summed E-state index contributed by atoms with van der Waals surface area (Å²) in [5, 5.41) is 0. The summed E-state index contributed by atoms with van der Waals surface area (Å²) >= 11 is 0. The van der Waals surface area contributed by atoms with Crippen molar-refractivity contribution in [2.45, 2.75) is 6.54 Å². The van der Waals surface area contributed by atoms with Gasteiger partial charge in [-0.05, 0) is 25.7 Å². The summed E-state index contributed by atoms with van der Waals surface area (Å²) in [5.74, 6) is 0. The van der Waals surface area contributed by atoms with Crippen molar-refractivity contribution >= 4 is 6.29 Å². The number of aldehydes is 1. The van der Waals surface area contributed by atoms with Crippen molar-refractivity contribution in [3.8, 4) is 0 Å². The Morgan fingerprint density at radius 2 is 2.33 bits per heavy atom. The number of nitrogens with zero attached hydrogens (tertiary/aromatic N) is 2. The molecule has 0 spiro atoms.